The fourth-order valence-corrected chi connectivity index (χ4v) is 4.43. The smallest absolute Gasteiger partial charge is 0.276 e. The van der Waals surface area contributed by atoms with Crippen molar-refractivity contribution < 1.29 is 9.59 Å². The van der Waals surface area contributed by atoms with E-state index < -0.39 is 6.04 Å². The van der Waals surface area contributed by atoms with E-state index in [2.05, 4.69) is 19.9 Å². The molecule has 1 saturated carbocycles. The van der Waals surface area contributed by atoms with Gasteiger partial charge in [-0.3, -0.25) is 14.6 Å². The van der Waals surface area contributed by atoms with Gasteiger partial charge in [-0.05, 0) is 36.0 Å². The normalized spacial score (nSPS) is 15.2. The topological polar surface area (TPSA) is 88.1 Å². The molecule has 160 valence electrons. The Labute approximate surface area is 185 Å². The van der Waals surface area contributed by atoms with E-state index >= 15 is 0 Å². The van der Waals surface area contributed by atoms with Gasteiger partial charge in [0, 0.05) is 35.9 Å². The molecule has 0 spiro atoms. The van der Waals surface area contributed by atoms with Crippen LogP contribution in [0.15, 0.2) is 60.2 Å². The van der Waals surface area contributed by atoms with E-state index in [-0.39, 0.29) is 30.1 Å². The Kier molecular flexibility index (Phi) is 6.99. The number of rotatable bonds is 7. The summed E-state index contributed by atoms with van der Waals surface area (Å²) in [6.45, 7) is 0.273. The lowest BCUT2D eigenvalue weighted by Gasteiger charge is -2.33. The number of hydrogen-bond donors (Lipinski definition) is 1. The molecule has 1 aliphatic carbocycles. The van der Waals surface area contributed by atoms with Crippen LogP contribution in [-0.2, 0) is 11.3 Å². The molecule has 0 bridgehead atoms. The fraction of sp³-hybridized carbons (Fsp3) is 0.348. The van der Waals surface area contributed by atoms with Crippen LogP contribution < -0.4 is 5.32 Å². The Morgan fingerprint density at radius 3 is 2.58 bits per heavy atom. The van der Waals surface area contributed by atoms with E-state index in [1.165, 1.54) is 6.42 Å². The summed E-state index contributed by atoms with van der Waals surface area (Å²) in [5.41, 5.74) is 1.84. The van der Waals surface area contributed by atoms with Crippen LogP contribution in [0.2, 0.25) is 0 Å². The van der Waals surface area contributed by atoms with Crippen molar-refractivity contribution in [1.29, 1.82) is 0 Å². The lowest BCUT2D eigenvalue weighted by Crippen LogP contribution is -2.47. The maximum Gasteiger partial charge on any atom is 0.276 e. The average molecular weight is 436 g/mol. The molecule has 0 radical (unpaired) electrons. The van der Waals surface area contributed by atoms with E-state index in [1.807, 2.05) is 36.4 Å². The summed E-state index contributed by atoms with van der Waals surface area (Å²) in [5.74, 6) is -0.516. The van der Waals surface area contributed by atoms with Crippen LogP contribution >= 0.6 is 11.5 Å². The van der Waals surface area contributed by atoms with Gasteiger partial charge >= 0.3 is 0 Å². The summed E-state index contributed by atoms with van der Waals surface area (Å²) in [5, 5.41) is 8.76. The van der Waals surface area contributed by atoms with Gasteiger partial charge in [0.2, 0.25) is 5.91 Å². The number of pyridine rings is 1. The van der Waals surface area contributed by atoms with Crippen molar-refractivity contribution in [2.75, 3.05) is 0 Å². The number of nitrogens with zero attached hydrogens (tertiary/aromatic N) is 4. The summed E-state index contributed by atoms with van der Waals surface area (Å²) in [6.07, 6.45) is 8.67. The van der Waals surface area contributed by atoms with Crippen molar-refractivity contribution in [2.24, 2.45) is 0 Å². The van der Waals surface area contributed by atoms with Gasteiger partial charge in [-0.2, -0.15) is 0 Å². The van der Waals surface area contributed by atoms with Gasteiger partial charge in [-0.25, -0.2) is 0 Å². The van der Waals surface area contributed by atoms with Crippen molar-refractivity contribution >= 4 is 23.3 Å². The first-order valence-electron chi connectivity index (χ1n) is 10.5. The summed E-state index contributed by atoms with van der Waals surface area (Å²) >= 11 is 1.11. The highest BCUT2D eigenvalue weighted by atomic mass is 32.1. The molecule has 2 heterocycles. The maximum atomic E-state index is 13.6. The van der Waals surface area contributed by atoms with Crippen molar-refractivity contribution in [3.63, 3.8) is 0 Å². The molecule has 4 rings (SSSR count). The first kappa shape index (κ1) is 21.1. The molecule has 3 aromatic rings. The molecule has 2 aromatic heterocycles. The maximum absolute atomic E-state index is 13.6. The molecule has 0 aliphatic heterocycles. The van der Waals surface area contributed by atoms with Crippen LogP contribution in [0.25, 0.3) is 0 Å². The third-order valence-corrected chi connectivity index (χ3v) is 6.05. The van der Waals surface area contributed by atoms with E-state index in [0.29, 0.717) is 5.56 Å². The first-order chi connectivity index (χ1) is 15.2. The van der Waals surface area contributed by atoms with E-state index in [9.17, 15) is 9.59 Å². The highest BCUT2D eigenvalue weighted by molar-refractivity contribution is 7.03. The van der Waals surface area contributed by atoms with Crippen LogP contribution in [0.3, 0.4) is 0 Å². The minimum atomic E-state index is -0.815. The number of hydrogen-bond acceptors (Lipinski definition) is 6. The predicted octanol–water partition coefficient (Wildman–Crippen LogP) is 3.77. The molecule has 7 nitrogen and oxygen atoms in total. The lowest BCUT2D eigenvalue weighted by molar-refractivity contribution is -0.127. The molecule has 1 aliphatic rings. The molecule has 1 atom stereocenters. The van der Waals surface area contributed by atoms with Gasteiger partial charge in [-0.15, -0.1) is 5.10 Å². The quantitative estimate of drug-likeness (QED) is 0.610. The summed E-state index contributed by atoms with van der Waals surface area (Å²) in [6, 6.07) is 12.6. The Balaban J connectivity index is 1.69. The minimum Gasteiger partial charge on any atom is -0.351 e. The molecule has 1 fully saturated rings. The SMILES string of the molecule is O=C(NC1CCCCC1)[C@@H](c1cccnc1)N(Cc1ccccc1)C(=O)c1csnn1. The number of benzene rings is 1. The highest BCUT2D eigenvalue weighted by Gasteiger charge is 2.34. The zero-order chi connectivity index (χ0) is 21.5. The van der Waals surface area contributed by atoms with Crippen molar-refractivity contribution in [2.45, 2.75) is 50.7 Å². The Morgan fingerprint density at radius 1 is 1.10 bits per heavy atom. The molecule has 0 unspecified atom stereocenters. The zero-order valence-corrected chi connectivity index (χ0v) is 18.0. The summed E-state index contributed by atoms with van der Waals surface area (Å²) < 4.78 is 3.83. The second-order valence-electron chi connectivity index (χ2n) is 7.74. The van der Waals surface area contributed by atoms with E-state index in [1.54, 1.807) is 28.7 Å². The zero-order valence-electron chi connectivity index (χ0n) is 17.2. The van der Waals surface area contributed by atoms with Crippen molar-refractivity contribution in [3.8, 4) is 0 Å². The van der Waals surface area contributed by atoms with Crippen LogP contribution in [0.4, 0.5) is 0 Å². The van der Waals surface area contributed by atoms with Crippen LogP contribution in [-0.4, -0.2) is 37.3 Å². The van der Waals surface area contributed by atoms with Gasteiger partial charge in [0.05, 0.1) is 0 Å². The molecular formula is C23H25N5O2S. The van der Waals surface area contributed by atoms with Gasteiger partial charge in [-0.1, -0.05) is 60.1 Å². The number of aromatic nitrogens is 3. The Morgan fingerprint density at radius 2 is 1.90 bits per heavy atom. The van der Waals surface area contributed by atoms with Gasteiger partial charge < -0.3 is 10.2 Å². The van der Waals surface area contributed by atoms with Crippen molar-refractivity contribution in [3.05, 3.63) is 77.1 Å². The third kappa shape index (κ3) is 5.32. The largest absolute Gasteiger partial charge is 0.351 e. The molecule has 1 N–H and O–H groups in total. The standard InChI is InChI=1S/C23H25N5O2S/c29-22(25-19-11-5-2-6-12-19)21(18-10-7-13-24-14-18)28(15-17-8-3-1-4-9-17)23(30)20-16-31-27-26-20/h1,3-4,7-10,13-14,16,19,21H,2,5-6,11-12,15H2,(H,25,29)/t21-/m1/s1. The lowest BCUT2D eigenvalue weighted by atomic mass is 9.94. The first-order valence-corrected chi connectivity index (χ1v) is 11.4. The Hall–Kier alpha value is -3.13. The Bertz CT molecular complexity index is 976. The molecule has 1 aromatic carbocycles. The number of carbonyl (C=O) groups excluding carboxylic acids is 2. The molecular weight excluding hydrogens is 410 g/mol. The van der Waals surface area contributed by atoms with Gasteiger partial charge in [0.25, 0.3) is 5.91 Å². The number of carbonyl (C=O) groups is 2. The second-order valence-corrected chi connectivity index (χ2v) is 8.35. The van der Waals surface area contributed by atoms with Crippen molar-refractivity contribution in [1.82, 2.24) is 24.8 Å². The minimum absolute atomic E-state index is 0.134. The number of nitrogens with one attached hydrogen (secondary N) is 1. The fourth-order valence-electron chi connectivity index (χ4n) is 4.00. The molecule has 8 heteroatoms. The van der Waals surface area contributed by atoms with E-state index in [0.717, 1.165) is 42.8 Å². The number of amides is 2. The second kappa shape index (κ2) is 10.3. The van der Waals surface area contributed by atoms with Crippen LogP contribution in [0.5, 0.6) is 0 Å². The van der Waals surface area contributed by atoms with E-state index in [4.69, 9.17) is 0 Å². The third-order valence-electron chi connectivity index (χ3n) is 5.55. The highest BCUT2D eigenvalue weighted by Crippen LogP contribution is 2.26. The molecule has 2 amide bonds. The molecule has 0 saturated heterocycles. The van der Waals surface area contributed by atoms with Gasteiger partial charge in [0.1, 0.15) is 6.04 Å². The summed E-state index contributed by atoms with van der Waals surface area (Å²) in [4.78, 5) is 32.8. The van der Waals surface area contributed by atoms with Gasteiger partial charge in [0.15, 0.2) is 5.69 Å². The predicted molar refractivity (Wildman–Crippen MR) is 118 cm³/mol. The average Bonchev–Trinajstić information content (AvgIpc) is 3.35. The van der Waals surface area contributed by atoms with Crippen LogP contribution in [0.1, 0.15) is 59.8 Å². The molecule has 31 heavy (non-hydrogen) atoms. The summed E-state index contributed by atoms with van der Waals surface area (Å²) in [7, 11) is 0. The van der Waals surface area contributed by atoms with Crippen LogP contribution in [0, 0.1) is 0 Å². The monoisotopic (exact) mass is 435 g/mol.